The molecule has 1 aromatic heterocycles. The molecule has 4 rings (SSSR count). The lowest BCUT2D eigenvalue weighted by Gasteiger charge is -2.10. The summed E-state index contributed by atoms with van der Waals surface area (Å²) in [7, 11) is 3.21. The molecule has 0 radical (unpaired) electrons. The van der Waals surface area contributed by atoms with Gasteiger partial charge in [-0.05, 0) is 60.5 Å². The van der Waals surface area contributed by atoms with E-state index in [1.54, 1.807) is 14.2 Å². The number of methoxy groups -OCH3 is 2. The molecule has 0 saturated heterocycles. The number of carbonyl (C=O) groups is 1. The van der Waals surface area contributed by atoms with Crippen molar-refractivity contribution in [2.45, 2.75) is 10.8 Å². The summed E-state index contributed by atoms with van der Waals surface area (Å²) in [4.78, 5) is 12.2. The van der Waals surface area contributed by atoms with Crippen LogP contribution < -0.4 is 24.8 Å². The van der Waals surface area contributed by atoms with Crippen LogP contribution in [0.1, 0.15) is 5.56 Å². The van der Waals surface area contributed by atoms with Gasteiger partial charge >= 0.3 is 0 Å². The quantitative estimate of drug-likeness (QED) is 0.234. The molecule has 4 aromatic rings. The van der Waals surface area contributed by atoms with Crippen molar-refractivity contribution in [3.8, 4) is 23.0 Å². The number of ether oxygens (including phenoxy) is 3. The van der Waals surface area contributed by atoms with Crippen molar-refractivity contribution < 1.29 is 19.0 Å². The lowest BCUT2D eigenvalue weighted by molar-refractivity contribution is -0.118. The summed E-state index contributed by atoms with van der Waals surface area (Å²) in [6.45, 7) is 0.530. The minimum Gasteiger partial charge on any atom is -0.493 e. The molecule has 10 heteroatoms. The second-order valence-corrected chi connectivity index (χ2v) is 9.72. The minimum atomic E-state index is -0.0563. The molecule has 0 unspecified atom stereocenters. The Balaban J connectivity index is 1.19. The van der Waals surface area contributed by atoms with Gasteiger partial charge < -0.3 is 24.8 Å². The SMILES string of the molecule is COc1ccc(CCNC(=O)CSc2nnc(Nc3ccc(Oc4ccccc4)cc3)s2)cc1OC. The van der Waals surface area contributed by atoms with E-state index in [4.69, 9.17) is 14.2 Å². The van der Waals surface area contributed by atoms with Crippen molar-refractivity contribution in [3.05, 3.63) is 78.4 Å². The van der Waals surface area contributed by atoms with E-state index in [2.05, 4.69) is 20.8 Å². The second kappa shape index (κ2) is 12.8. The number of nitrogens with one attached hydrogen (secondary N) is 2. The third-order valence-corrected chi connectivity index (χ3v) is 6.97. The number of thioether (sulfide) groups is 1. The molecule has 3 aromatic carbocycles. The maximum absolute atomic E-state index is 12.2. The average Bonchev–Trinajstić information content (AvgIpc) is 3.36. The Labute approximate surface area is 218 Å². The van der Waals surface area contributed by atoms with E-state index in [-0.39, 0.29) is 11.7 Å². The van der Waals surface area contributed by atoms with Crippen LogP contribution in [0.3, 0.4) is 0 Å². The predicted octanol–water partition coefficient (Wildman–Crippen LogP) is 5.54. The normalized spacial score (nSPS) is 10.5. The number of nitrogens with zero attached hydrogens (tertiary/aromatic N) is 2. The van der Waals surface area contributed by atoms with Crippen LogP contribution in [-0.2, 0) is 11.2 Å². The van der Waals surface area contributed by atoms with Gasteiger partial charge in [0, 0.05) is 12.2 Å². The summed E-state index contributed by atoms with van der Waals surface area (Å²) in [6, 6.07) is 23.0. The first kappa shape index (κ1) is 25.3. The molecular formula is C26H26N4O4S2. The van der Waals surface area contributed by atoms with Gasteiger partial charge in [-0.15, -0.1) is 10.2 Å². The zero-order valence-electron chi connectivity index (χ0n) is 19.9. The fourth-order valence-electron chi connectivity index (χ4n) is 3.23. The number of benzene rings is 3. The largest absolute Gasteiger partial charge is 0.493 e. The monoisotopic (exact) mass is 522 g/mol. The lowest BCUT2D eigenvalue weighted by Crippen LogP contribution is -2.27. The molecule has 0 aliphatic heterocycles. The van der Waals surface area contributed by atoms with Crippen molar-refractivity contribution in [2.75, 3.05) is 31.8 Å². The van der Waals surface area contributed by atoms with Gasteiger partial charge in [-0.3, -0.25) is 4.79 Å². The summed E-state index contributed by atoms with van der Waals surface area (Å²) in [5.41, 5.74) is 1.93. The van der Waals surface area contributed by atoms with E-state index in [1.807, 2.05) is 72.8 Å². The highest BCUT2D eigenvalue weighted by Gasteiger charge is 2.10. The maximum Gasteiger partial charge on any atom is 0.230 e. The van der Waals surface area contributed by atoms with Gasteiger partial charge in [0.1, 0.15) is 11.5 Å². The molecular weight excluding hydrogens is 496 g/mol. The topological polar surface area (TPSA) is 94.6 Å². The van der Waals surface area contributed by atoms with Crippen LogP contribution in [0.2, 0.25) is 0 Å². The fraction of sp³-hybridized carbons (Fsp3) is 0.192. The van der Waals surface area contributed by atoms with Gasteiger partial charge in [0.2, 0.25) is 11.0 Å². The number of hydrogen-bond donors (Lipinski definition) is 2. The molecule has 0 atom stereocenters. The molecule has 2 N–H and O–H groups in total. The fourth-order valence-corrected chi connectivity index (χ4v) is 4.84. The zero-order chi connectivity index (χ0) is 25.2. The lowest BCUT2D eigenvalue weighted by atomic mass is 10.1. The Morgan fingerprint density at radius 1 is 0.917 bits per heavy atom. The second-order valence-electron chi connectivity index (χ2n) is 7.52. The molecule has 8 nitrogen and oxygen atoms in total. The molecule has 0 saturated carbocycles. The van der Waals surface area contributed by atoms with E-state index in [0.717, 1.165) is 27.1 Å². The van der Waals surface area contributed by atoms with Crippen LogP contribution in [0.25, 0.3) is 0 Å². The van der Waals surface area contributed by atoms with Gasteiger partial charge in [0.25, 0.3) is 0 Å². The smallest absolute Gasteiger partial charge is 0.230 e. The highest BCUT2D eigenvalue weighted by atomic mass is 32.2. The number of rotatable bonds is 12. The number of aromatic nitrogens is 2. The number of amides is 1. The first-order valence-electron chi connectivity index (χ1n) is 11.2. The highest BCUT2D eigenvalue weighted by molar-refractivity contribution is 8.01. The van der Waals surface area contributed by atoms with Crippen molar-refractivity contribution in [1.29, 1.82) is 0 Å². The summed E-state index contributed by atoms with van der Waals surface area (Å²) in [5, 5.41) is 15.1. The van der Waals surface area contributed by atoms with Crippen LogP contribution in [0.4, 0.5) is 10.8 Å². The van der Waals surface area contributed by atoms with Gasteiger partial charge in [-0.25, -0.2) is 0 Å². The van der Waals surface area contributed by atoms with Crippen LogP contribution in [0.15, 0.2) is 77.1 Å². The Bertz CT molecular complexity index is 1270. The molecule has 0 aliphatic rings. The van der Waals surface area contributed by atoms with Crippen molar-refractivity contribution in [3.63, 3.8) is 0 Å². The maximum atomic E-state index is 12.2. The van der Waals surface area contributed by atoms with Crippen molar-refractivity contribution >= 4 is 39.8 Å². The molecule has 186 valence electrons. The molecule has 0 bridgehead atoms. The van der Waals surface area contributed by atoms with E-state index in [0.29, 0.717) is 29.6 Å². The van der Waals surface area contributed by atoms with E-state index in [1.165, 1.54) is 23.1 Å². The summed E-state index contributed by atoms with van der Waals surface area (Å²) >= 11 is 2.75. The van der Waals surface area contributed by atoms with E-state index >= 15 is 0 Å². The van der Waals surface area contributed by atoms with Crippen molar-refractivity contribution in [2.24, 2.45) is 0 Å². The van der Waals surface area contributed by atoms with Crippen LogP contribution >= 0.6 is 23.1 Å². The van der Waals surface area contributed by atoms with Crippen LogP contribution in [-0.4, -0.2) is 42.6 Å². The first-order chi connectivity index (χ1) is 17.6. The van der Waals surface area contributed by atoms with Gasteiger partial charge in [0.15, 0.2) is 15.8 Å². The van der Waals surface area contributed by atoms with E-state index < -0.39 is 0 Å². The summed E-state index contributed by atoms with van der Waals surface area (Å²) in [5.74, 6) is 3.10. The molecule has 36 heavy (non-hydrogen) atoms. The Morgan fingerprint density at radius 2 is 1.67 bits per heavy atom. The third kappa shape index (κ3) is 7.37. The van der Waals surface area contributed by atoms with Crippen molar-refractivity contribution in [1.82, 2.24) is 15.5 Å². The Morgan fingerprint density at radius 3 is 2.42 bits per heavy atom. The summed E-state index contributed by atoms with van der Waals surface area (Å²) in [6.07, 6.45) is 0.693. The van der Waals surface area contributed by atoms with E-state index in [9.17, 15) is 4.79 Å². The zero-order valence-corrected chi connectivity index (χ0v) is 21.5. The molecule has 0 fully saturated rings. The Kier molecular flexibility index (Phi) is 9.01. The van der Waals surface area contributed by atoms with Crippen LogP contribution in [0.5, 0.6) is 23.0 Å². The molecule has 1 heterocycles. The first-order valence-corrected chi connectivity index (χ1v) is 13.0. The average molecular weight is 523 g/mol. The highest BCUT2D eigenvalue weighted by Crippen LogP contribution is 2.29. The van der Waals surface area contributed by atoms with Gasteiger partial charge in [-0.1, -0.05) is 47.4 Å². The minimum absolute atomic E-state index is 0.0563. The summed E-state index contributed by atoms with van der Waals surface area (Å²) < 4.78 is 17.1. The third-order valence-electron chi connectivity index (χ3n) is 5.00. The standard InChI is InChI=1S/C26H26N4O4S2/c1-32-22-13-8-18(16-23(22)33-2)14-15-27-24(31)17-35-26-30-29-25(36-26)28-19-9-11-21(12-10-19)34-20-6-4-3-5-7-20/h3-13,16H,14-15,17H2,1-2H3,(H,27,31)(H,28,29). The number of hydrogen-bond acceptors (Lipinski definition) is 9. The molecule has 0 aliphatic carbocycles. The number of carbonyl (C=O) groups excluding carboxylic acids is 1. The predicted molar refractivity (Wildman–Crippen MR) is 143 cm³/mol. The van der Waals surface area contributed by atoms with Gasteiger partial charge in [0.05, 0.1) is 20.0 Å². The molecule has 0 spiro atoms. The number of anilines is 2. The Hall–Kier alpha value is -3.76. The molecule has 1 amide bonds. The van der Waals surface area contributed by atoms with Gasteiger partial charge in [-0.2, -0.15) is 0 Å². The van der Waals surface area contributed by atoms with Crippen LogP contribution in [0, 0.1) is 0 Å². The number of para-hydroxylation sites is 1.